The lowest BCUT2D eigenvalue weighted by Crippen LogP contribution is -2.66. The van der Waals surface area contributed by atoms with E-state index in [0.29, 0.717) is 31.0 Å². The molecule has 1 aromatic rings. The maximum absolute atomic E-state index is 13.1. The first-order valence-corrected chi connectivity index (χ1v) is 13.8. The first-order valence-electron chi connectivity index (χ1n) is 13.0. The molecule has 0 aliphatic carbocycles. The number of likely N-dealkylation sites (tertiary alicyclic amines) is 1. The number of nitrogens with two attached hydrogens (primary N) is 1. The lowest BCUT2D eigenvalue weighted by atomic mass is 9.78. The summed E-state index contributed by atoms with van der Waals surface area (Å²) in [6.45, 7) is 4.80. The summed E-state index contributed by atoms with van der Waals surface area (Å²) >= 11 is 1.40. The fraction of sp³-hybridized carbons (Fsp3) is 0.696. The summed E-state index contributed by atoms with van der Waals surface area (Å²) in [5.74, 6) is -2.89. The molecule has 0 aromatic carbocycles. The van der Waals surface area contributed by atoms with Crippen molar-refractivity contribution >= 4 is 35.5 Å². The molecule has 16 heteroatoms. The molecule has 39 heavy (non-hydrogen) atoms. The number of carboxylic acid groups (broad SMARTS) is 1. The number of amides is 3. The van der Waals surface area contributed by atoms with Gasteiger partial charge in [0.15, 0.2) is 0 Å². The van der Waals surface area contributed by atoms with Crippen LogP contribution in [0.25, 0.3) is 0 Å². The third kappa shape index (κ3) is 5.01. The van der Waals surface area contributed by atoms with Crippen LogP contribution in [0.2, 0.25) is 0 Å². The number of carbonyl (C=O) groups is 4. The van der Waals surface area contributed by atoms with E-state index in [2.05, 4.69) is 26.2 Å². The number of aliphatic hydroxyl groups excluding tert-OH is 1. The van der Waals surface area contributed by atoms with E-state index >= 15 is 0 Å². The Morgan fingerprint density at radius 2 is 2.10 bits per heavy atom. The third-order valence-electron chi connectivity index (χ3n) is 8.14. The van der Waals surface area contributed by atoms with Crippen molar-refractivity contribution in [1.82, 2.24) is 40.6 Å². The minimum Gasteiger partial charge on any atom is -0.477 e. The minimum absolute atomic E-state index is 0.0166. The van der Waals surface area contributed by atoms with Crippen LogP contribution in [0.4, 0.5) is 0 Å². The summed E-state index contributed by atoms with van der Waals surface area (Å²) in [6.07, 6.45) is 1.82. The molecule has 3 fully saturated rings. The van der Waals surface area contributed by atoms with Crippen LogP contribution in [0.3, 0.4) is 0 Å². The van der Waals surface area contributed by atoms with E-state index in [9.17, 15) is 29.4 Å². The Labute approximate surface area is 228 Å². The molecule has 0 spiro atoms. The predicted molar refractivity (Wildman–Crippen MR) is 136 cm³/mol. The van der Waals surface area contributed by atoms with E-state index in [1.165, 1.54) is 27.7 Å². The van der Waals surface area contributed by atoms with E-state index in [0.717, 1.165) is 0 Å². The van der Waals surface area contributed by atoms with Gasteiger partial charge in [0.05, 0.1) is 18.0 Å². The van der Waals surface area contributed by atoms with Crippen molar-refractivity contribution in [3.8, 4) is 0 Å². The van der Waals surface area contributed by atoms with Gasteiger partial charge in [-0.3, -0.25) is 14.4 Å². The summed E-state index contributed by atoms with van der Waals surface area (Å²) in [6, 6.07) is -1.58. The molecule has 0 saturated carbocycles. The molecule has 212 valence electrons. The molecule has 0 radical (unpaired) electrons. The molecular weight excluding hydrogens is 530 g/mol. The molecule has 4 aliphatic heterocycles. The molecule has 3 saturated heterocycles. The molecule has 8 atom stereocenters. The first kappa shape index (κ1) is 27.5. The molecule has 4 aliphatic rings. The van der Waals surface area contributed by atoms with Crippen molar-refractivity contribution in [2.45, 2.75) is 56.2 Å². The quantitative estimate of drug-likeness (QED) is 0.193. The van der Waals surface area contributed by atoms with E-state index < -0.39 is 24.0 Å². The number of thioether (sulfide) groups is 1. The molecular formula is C23H33N9O6S. The number of nitrogens with zero attached hydrogens (tertiary/aromatic N) is 6. The molecule has 3 amide bonds. The zero-order valence-corrected chi connectivity index (χ0v) is 22.5. The molecule has 15 nitrogen and oxygen atoms in total. The zero-order valence-electron chi connectivity index (χ0n) is 21.6. The topological polar surface area (TPSA) is 209 Å². The van der Waals surface area contributed by atoms with Gasteiger partial charge in [0, 0.05) is 60.3 Å². The van der Waals surface area contributed by atoms with Crippen LogP contribution in [0.5, 0.6) is 0 Å². The van der Waals surface area contributed by atoms with Crippen molar-refractivity contribution < 1.29 is 29.4 Å². The van der Waals surface area contributed by atoms with Gasteiger partial charge in [0.2, 0.25) is 17.7 Å². The second kappa shape index (κ2) is 10.8. The number of fused-ring (bicyclic) bond motifs is 1. The number of tetrazole rings is 1. The SMILES string of the molecule is C[C@@H](NC(=O)Cn1cnnn1)[C@H]1C(=O)N2C(C(=O)O)=C(S[C@@H]3CN[C@H](C(=O)N4C[C@@H](CO)[C@H](N)C4)C3)[C@H](C)[C@H]12. The van der Waals surface area contributed by atoms with Crippen LogP contribution < -0.4 is 16.4 Å². The van der Waals surface area contributed by atoms with Gasteiger partial charge in [-0.2, -0.15) is 0 Å². The molecule has 6 N–H and O–H groups in total. The monoisotopic (exact) mass is 563 g/mol. The van der Waals surface area contributed by atoms with Crippen molar-refractivity contribution in [2.75, 3.05) is 26.2 Å². The van der Waals surface area contributed by atoms with Crippen molar-refractivity contribution in [1.29, 1.82) is 0 Å². The van der Waals surface area contributed by atoms with Gasteiger partial charge < -0.3 is 36.4 Å². The number of aliphatic carboxylic acids is 1. The van der Waals surface area contributed by atoms with Crippen LogP contribution in [-0.2, 0) is 25.7 Å². The zero-order chi connectivity index (χ0) is 28.0. The van der Waals surface area contributed by atoms with Gasteiger partial charge in [-0.25, -0.2) is 9.48 Å². The number of hydrogen-bond donors (Lipinski definition) is 5. The van der Waals surface area contributed by atoms with Gasteiger partial charge in [-0.05, 0) is 23.8 Å². The van der Waals surface area contributed by atoms with Gasteiger partial charge in [-0.1, -0.05) is 6.92 Å². The number of hydrogen-bond acceptors (Lipinski definition) is 11. The third-order valence-corrected chi connectivity index (χ3v) is 9.65. The lowest BCUT2D eigenvalue weighted by molar-refractivity contribution is -0.158. The maximum Gasteiger partial charge on any atom is 0.353 e. The second-order valence-corrected chi connectivity index (χ2v) is 12.0. The summed E-state index contributed by atoms with van der Waals surface area (Å²) in [4.78, 5) is 54.5. The van der Waals surface area contributed by atoms with Gasteiger partial charge >= 0.3 is 5.97 Å². The van der Waals surface area contributed by atoms with Gasteiger partial charge in [0.25, 0.3) is 0 Å². The number of carboxylic acids is 1. The van der Waals surface area contributed by atoms with Crippen LogP contribution >= 0.6 is 11.8 Å². The summed E-state index contributed by atoms with van der Waals surface area (Å²) in [5.41, 5.74) is 6.02. The number of aliphatic hydroxyl groups is 1. The number of carbonyl (C=O) groups excluding carboxylic acids is 3. The fourth-order valence-electron chi connectivity index (χ4n) is 6.14. The van der Waals surface area contributed by atoms with E-state index in [1.54, 1.807) is 11.8 Å². The number of aromatic nitrogens is 4. The van der Waals surface area contributed by atoms with E-state index in [4.69, 9.17) is 5.73 Å². The van der Waals surface area contributed by atoms with Crippen LogP contribution in [-0.4, -0.2) is 120 Å². The second-order valence-electron chi connectivity index (χ2n) is 10.7. The Morgan fingerprint density at radius 1 is 1.33 bits per heavy atom. The largest absolute Gasteiger partial charge is 0.477 e. The maximum atomic E-state index is 13.1. The molecule has 1 aromatic heterocycles. The standard InChI is InChI=1S/C23H33N9O6S/c1-10-18-17(11(2)27-16(34)7-31-9-26-28-29-31)22(36)32(18)19(23(37)38)20(10)39-13-3-15(25-4-13)21(35)30-5-12(8-33)14(24)6-30/h9-15,17-18,25,33H,3-8,24H2,1-2H3,(H,27,34)(H,37,38)/t10-,11-,12+,13+,14-,15+,17-,18-/m1/s1. The van der Waals surface area contributed by atoms with Crippen LogP contribution in [0, 0.1) is 17.8 Å². The van der Waals surface area contributed by atoms with Crippen LogP contribution in [0.15, 0.2) is 16.9 Å². The van der Waals surface area contributed by atoms with Crippen molar-refractivity contribution in [3.05, 3.63) is 16.9 Å². The molecule has 0 unspecified atom stereocenters. The van der Waals surface area contributed by atoms with Gasteiger partial charge in [-0.15, -0.1) is 16.9 Å². The number of nitrogens with one attached hydrogen (secondary N) is 2. The highest BCUT2D eigenvalue weighted by Crippen LogP contribution is 2.51. The smallest absolute Gasteiger partial charge is 0.353 e. The summed E-state index contributed by atoms with van der Waals surface area (Å²) < 4.78 is 1.27. The van der Waals surface area contributed by atoms with Crippen molar-refractivity contribution in [3.63, 3.8) is 0 Å². The number of rotatable bonds is 9. The predicted octanol–water partition coefficient (Wildman–Crippen LogP) is -2.81. The Hall–Kier alpha value is -3.08. The number of β-lactam (4-membered cyclic amide) rings is 1. The highest BCUT2D eigenvalue weighted by molar-refractivity contribution is 8.03. The molecule has 5 rings (SSSR count). The van der Waals surface area contributed by atoms with Crippen molar-refractivity contribution in [2.24, 2.45) is 23.5 Å². The highest BCUT2D eigenvalue weighted by Gasteiger charge is 2.60. The average Bonchev–Trinajstić information content (AvgIpc) is 3.67. The molecule has 0 bridgehead atoms. The summed E-state index contributed by atoms with van der Waals surface area (Å²) in [5, 5.41) is 36.1. The first-order chi connectivity index (χ1) is 18.6. The Kier molecular flexibility index (Phi) is 7.63. The van der Waals surface area contributed by atoms with E-state index in [-0.39, 0.29) is 65.7 Å². The molecule has 5 heterocycles. The van der Waals surface area contributed by atoms with Gasteiger partial charge in [0.1, 0.15) is 18.6 Å². The minimum atomic E-state index is -1.17. The van der Waals surface area contributed by atoms with E-state index in [1.807, 2.05) is 6.92 Å². The van der Waals surface area contributed by atoms with Crippen LogP contribution in [0.1, 0.15) is 20.3 Å². The Morgan fingerprint density at radius 3 is 2.74 bits per heavy atom. The fourth-order valence-corrected chi connectivity index (χ4v) is 7.62. The normalized spacial score (nSPS) is 32.8. The lowest BCUT2D eigenvalue weighted by Gasteiger charge is -2.47. The Balaban J connectivity index is 1.22. The highest BCUT2D eigenvalue weighted by atomic mass is 32.2. The average molecular weight is 564 g/mol. The Bertz CT molecular complexity index is 1180. The summed E-state index contributed by atoms with van der Waals surface area (Å²) in [7, 11) is 0.